The number of hydrogen-bond acceptors (Lipinski definition) is 4. The molecule has 0 N–H and O–H groups in total. The molecule has 0 aliphatic carbocycles. The Kier molecular flexibility index (Phi) is 4.80. The Labute approximate surface area is 90.8 Å². The van der Waals surface area contributed by atoms with Gasteiger partial charge in [-0.05, 0) is 6.07 Å². The van der Waals surface area contributed by atoms with Gasteiger partial charge >= 0.3 is 0 Å². The van der Waals surface area contributed by atoms with E-state index in [1.807, 2.05) is 0 Å². The molecule has 0 fully saturated rings. The third-order valence-electron chi connectivity index (χ3n) is 1.23. The molecule has 0 aliphatic rings. The summed E-state index contributed by atoms with van der Waals surface area (Å²) in [6.45, 7) is 0.668. The topological polar surface area (TPSA) is 35.0 Å². The molecule has 1 rings (SSSR count). The standard InChI is InChI=1S/C7H8Cl2N2OS/c1-12-2-3-13-5-4-6(8)10-11-7(5)9/h4H,2-3H2,1H3. The number of hydrogen-bond donors (Lipinski definition) is 0. The van der Waals surface area contributed by atoms with E-state index in [0.29, 0.717) is 16.9 Å². The molecule has 0 bridgehead atoms. The number of methoxy groups -OCH3 is 1. The van der Waals surface area contributed by atoms with Crippen LogP contribution in [0.4, 0.5) is 0 Å². The second-order valence-electron chi connectivity index (χ2n) is 2.16. The number of halogens is 2. The minimum atomic E-state index is 0.351. The van der Waals surface area contributed by atoms with Crippen LogP contribution < -0.4 is 0 Å². The van der Waals surface area contributed by atoms with Crippen molar-refractivity contribution in [2.24, 2.45) is 0 Å². The molecule has 0 aromatic carbocycles. The predicted molar refractivity (Wildman–Crippen MR) is 54.7 cm³/mol. The highest BCUT2D eigenvalue weighted by atomic mass is 35.5. The van der Waals surface area contributed by atoms with E-state index in [9.17, 15) is 0 Å². The maximum Gasteiger partial charge on any atom is 0.165 e. The fourth-order valence-electron chi connectivity index (χ4n) is 0.674. The second-order valence-corrected chi connectivity index (χ2v) is 4.05. The van der Waals surface area contributed by atoms with Gasteiger partial charge in [0.15, 0.2) is 10.3 Å². The van der Waals surface area contributed by atoms with E-state index in [0.717, 1.165) is 10.6 Å². The lowest BCUT2D eigenvalue weighted by atomic mass is 10.6. The minimum Gasteiger partial charge on any atom is -0.384 e. The third-order valence-corrected chi connectivity index (χ3v) is 2.80. The molecule has 0 radical (unpaired) electrons. The third kappa shape index (κ3) is 3.68. The van der Waals surface area contributed by atoms with Crippen LogP contribution in [-0.4, -0.2) is 29.7 Å². The van der Waals surface area contributed by atoms with Gasteiger partial charge in [-0.25, -0.2) is 0 Å². The summed E-state index contributed by atoms with van der Waals surface area (Å²) in [4.78, 5) is 0.832. The number of nitrogens with zero attached hydrogens (tertiary/aromatic N) is 2. The molecule has 0 unspecified atom stereocenters. The summed E-state index contributed by atoms with van der Waals surface area (Å²) < 4.78 is 4.90. The lowest BCUT2D eigenvalue weighted by Gasteiger charge is -2.01. The molecule has 0 saturated heterocycles. The summed E-state index contributed by atoms with van der Waals surface area (Å²) in [5, 5.41) is 8.02. The van der Waals surface area contributed by atoms with E-state index in [1.54, 1.807) is 24.9 Å². The van der Waals surface area contributed by atoms with Crippen molar-refractivity contribution in [3.8, 4) is 0 Å². The highest BCUT2D eigenvalue weighted by molar-refractivity contribution is 7.99. The molecular formula is C7H8Cl2N2OS. The minimum absolute atomic E-state index is 0.351. The predicted octanol–water partition coefficient (Wildman–Crippen LogP) is 2.52. The molecule has 72 valence electrons. The van der Waals surface area contributed by atoms with Crippen LogP contribution >= 0.6 is 35.0 Å². The Balaban J connectivity index is 2.59. The van der Waals surface area contributed by atoms with Crippen LogP contribution in [0.2, 0.25) is 10.3 Å². The van der Waals surface area contributed by atoms with Crippen molar-refractivity contribution in [2.75, 3.05) is 19.5 Å². The highest BCUT2D eigenvalue weighted by Gasteiger charge is 2.03. The van der Waals surface area contributed by atoms with E-state index in [1.165, 1.54) is 0 Å². The lowest BCUT2D eigenvalue weighted by Crippen LogP contribution is -1.93. The van der Waals surface area contributed by atoms with Gasteiger partial charge in [-0.2, -0.15) is 0 Å². The summed E-state index contributed by atoms with van der Waals surface area (Å²) in [5.41, 5.74) is 0. The zero-order chi connectivity index (χ0) is 9.68. The first-order chi connectivity index (χ1) is 6.24. The zero-order valence-electron chi connectivity index (χ0n) is 6.96. The lowest BCUT2D eigenvalue weighted by molar-refractivity contribution is 0.218. The molecule has 0 amide bonds. The van der Waals surface area contributed by atoms with Crippen molar-refractivity contribution < 1.29 is 4.74 Å². The molecule has 13 heavy (non-hydrogen) atoms. The molecule has 3 nitrogen and oxygen atoms in total. The highest BCUT2D eigenvalue weighted by Crippen LogP contribution is 2.26. The summed E-state index contributed by atoms with van der Waals surface area (Å²) in [6, 6.07) is 1.69. The SMILES string of the molecule is COCCSc1cc(Cl)nnc1Cl. The smallest absolute Gasteiger partial charge is 0.165 e. The Bertz CT molecular complexity index is 285. The summed E-state index contributed by atoms with van der Waals surface area (Å²) in [5.74, 6) is 0.818. The van der Waals surface area contributed by atoms with Crippen LogP contribution in [0.25, 0.3) is 0 Å². The molecule has 0 atom stereocenters. The normalized spacial score (nSPS) is 10.4. The van der Waals surface area contributed by atoms with Crippen molar-refractivity contribution in [2.45, 2.75) is 4.90 Å². The maximum atomic E-state index is 5.78. The van der Waals surface area contributed by atoms with Crippen molar-refractivity contribution in [1.82, 2.24) is 10.2 Å². The second kappa shape index (κ2) is 5.65. The van der Waals surface area contributed by atoms with Gasteiger partial charge in [0.1, 0.15) is 0 Å². The van der Waals surface area contributed by atoms with Gasteiger partial charge in [-0.3, -0.25) is 0 Å². The van der Waals surface area contributed by atoms with E-state index in [2.05, 4.69) is 10.2 Å². The van der Waals surface area contributed by atoms with Crippen LogP contribution in [0, 0.1) is 0 Å². The molecule has 0 spiro atoms. The molecule has 0 saturated carbocycles. The monoisotopic (exact) mass is 238 g/mol. The average molecular weight is 239 g/mol. The van der Waals surface area contributed by atoms with E-state index < -0.39 is 0 Å². The van der Waals surface area contributed by atoms with Gasteiger partial charge in [0, 0.05) is 17.8 Å². The largest absolute Gasteiger partial charge is 0.384 e. The van der Waals surface area contributed by atoms with Gasteiger partial charge < -0.3 is 4.74 Å². The van der Waals surface area contributed by atoms with Gasteiger partial charge in [0.2, 0.25) is 0 Å². The number of aromatic nitrogens is 2. The molecular weight excluding hydrogens is 231 g/mol. The molecule has 6 heteroatoms. The Morgan fingerprint density at radius 3 is 2.92 bits per heavy atom. The molecule has 1 heterocycles. The van der Waals surface area contributed by atoms with Gasteiger partial charge in [-0.15, -0.1) is 22.0 Å². The van der Waals surface area contributed by atoms with E-state index >= 15 is 0 Å². The van der Waals surface area contributed by atoms with Gasteiger partial charge in [0.25, 0.3) is 0 Å². The first-order valence-electron chi connectivity index (χ1n) is 3.54. The average Bonchev–Trinajstić information content (AvgIpc) is 2.11. The fourth-order valence-corrected chi connectivity index (χ4v) is 1.97. The Morgan fingerprint density at radius 1 is 1.46 bits per heavy atom. The van der Waals surface area contributed by atoms with Crippen molar-refractivity contribution in [1.29, 1.82) is 0 Å². The Morgan fingerprint density at radius 2 is 2.23 bits per heavy atom. The first-order valence-corrected chi connectivity index (χ1v) is 5.28. The molecule has 1 aromatic heterocycles. The summed E-state index contributed by atoms with van der Waals surface area (Å²) in [6.07, 6.45) is 0. The van der Waals surface area contributed by atoms with Crippen LogP contribution in [0.5, 0.6) is 0 Å². The van der Waals surface area contributed by atoms with Gasteiger partial charge in [-0.1, -0.05) is 23.2 Å². The number of ether oxygens (including phenoxy) is 1. The van der Waals surface area contributed by atoms with Crippen LogP contribution in [0.3, 0.4) is 0 Å². The summed E-state index contributed by atoms with van der Waals surface area (Å²) >= 11 is 13.0. The van der Waals surface area contributed by atoms with E-state index in [-0.39, 0.29) is 0 Å². The van der Waals surface area contributed by atoms with Crippen molar-refractivity contribution in [3.05, 3.63) is 16.4 Å². The fraction of sp³-hybridized carbons (Fsp3) is 0.429. The van der Waals surface area contributed by atoms with Crippen LogP contribution in [-0.2, 0) is 4.74 Å². The van der Waals surface area contributed by atoms with E-state index in [4.69, 9.17) is 27.9 Å². The zero-order valence-corrected chi connectivity index (χ0v) is 9.29. The summed E-state index contributed by atoms with van der Waals surface area (Å²) in [7, 11) is 1.65. The molecule has 0 aliphatic heterocycles. The quantitative estimate of drug-likeness (QED) is 0.597. The number of thioether (sulfide) groups is 1. The number of rotatable bonds is 4. The Hall–Kier alpha value is -0.0300. The van der Waals surface area contributed by atoms with Crippen LogP contribution in [0.1, 0.15) is 0 Å². The van der Waals surface area contributed by atoms with Crippen LogP contribution in [0.15, 0.2) is 11.0 Å². The van der Waals surface area contributed by atoms with Crippen molar-refractivity contribution >= 4 is 35.0 Å². The van der Waals surface area contributed by atoms with Crippen molar-refractivity contribution in [3.63, 3.8) is 0 Å². The molecule has 1 aromatic rings. The maximum absolute atomic E-state index is 5.78. The first kappa shape index (κ1) is 11.0. The van der Waals surface area contributed by atoms with Gasteiger partial charge in [0.05, 0.1) is 6.61 Å².